The van der Waals surface area contributed by atoms with Gasteiger partial charge < -0.3 is 10.6 Å². The molecule has 1 saturated heterocycles. The molecule has 0 saturated carbocycles. The van der Waals surface area contributed by atoms with Crippen LogP contribution in [0.5, 0.6) is 0 Å². The molecule has 2 rings (SSSR count). The minimum Gasteiger partial charge on any atom is -0.353 e. The number of nitrogens with one attached hydrogen (secondary N) is 2. The van der Waals surface area contributed by atoms with Gasteiger partial charge in [0.15, 0.2) is 0 Å². The standard InChI is InChI=1S/C13H22N2O/c16-13(7-6-11-8-9-14-10-11)15-12-4-2-1-3-5-12/h1-2,11-12,14H,3-10H2,(H,15,16). The van der Waals surface area contributed by atoms with E-state index < -0.39 is 0 Å². The molecule has 3 heteroatoms. The van der Waals surface area contributed by atoms with Crippen LogP contribution in [0.15, 0.2) is 12.2 Å². The number of rotatable bonds is 4. The monoisotopic (exact) mass is 222 g/mol. The van der Waals surface area contributed by atoms with Gasteiger partial charge in [0.05, 0.1) is 0 Å². The Morgan fingerprint density at radius 1 is 1.38 bits per heavy atom. The molecular formula is C13H22N2O. The summed E-state index contributed by atoms with van der Waals surface area (Å²) in [5, 5.41) is 6.47. The summed E-state index contributed by atoms with van der Waals surface area (Å²) in [6, 6.07) is 0.388. The fourth-order valence-corrected chi connectivity index (χ4v) is 2.52. The van der Waals surface area contributed by atoms with Gasteiger partial charge in [-0.05, 0) is 51.1 Å². The lowest BCUT2D eigenvalue weighted by Gasteiger charge is -2.19. The first-order valence-corrected chi connectivity index (χ1v) is 6.49. The topological polar surface area (TPSA) is 41.1 Å². The molecule has 0 aromatic heterocycles. The SMILES string of the molecule is O=C(CCC1CCNC1)NC1CC=CCC1. The van der Waals surface area contributed by atoms with Gasteiger partial charge in [-0.25, -0.2) is 0 Å². The molecule has 1 aliphatic heterocycles. The van der Waals surface area contributed by atoms with Crippen molar-refractivity contribution in [1.29, 1.82) is 0 Å². The Bertz CT molecular complexity index is 257. The molecule has 2 N–H and O–H groups in total. The zero-order chi connectivity index (χ0) is 11.2. The quantitative estimate of drug-likeness (QED) is 0.709. The van der Waals surface area contributed by atoms with Crippen molar-refractivity contribution >= 4 is 5.91 Å². The Morgan fingerprint density at radius 3 is 3.00 bits per heavy atom. The van der Waals surface area contributed by atoms with E-state index in [-0.39, 0.29) is 5.91 Å². The zero-order valence-corrected chi connectivity index (χ0v) is 9.87. The van der Waals surface area contributed by atoms with Crippen LogP contribution in [0.4, 0.5) is 0 Å². The van der Waals surface area contributed by atoms with Gasteiger partial charge in [0, 0.05) is 12.5 Å². The summed E-state index contributed by atoms with van der Waals surface area (Å²) in [4.78, 5) is 11.7. The van der Waals surface area contributed by atoms with E-state index in [1.165, 1.54) is 6.42 Å². The van der Waals surface area contributed by atoms with Crippen LogP contribution in [0.2, 0.25) is 0 Å². The van der Waals surface area contributed by atoms with Crippen LogP contribution in [0.25, 0.3) is 0 Å². The van der Waals surface area contributed by atoms with Gasteiger partial charge in [0.1, 0.15) is 0 Å². The third-order valence-electron chi connectivity index (χ3n) is 3.58. The third kappa shape index (κ3) is 3.63. The Hall–Kier alpha value is -0.830. The first-order valence-electron chi connectivity index (χ1n) is 6.49. The number of hydrogen-bond donors (Lipinski definition) is 2. The fourth-order valence-electron chi connectivity index (χ4n) is 2.52. The average molecular weight is 222 g/mol. The van der Waals surface area contributed by atoms with Gasteiger partial charge in [0.25, 0.3) is 0 Å². The van der Waals surface area contributed by atoms with Crippen molar-refractivity contribution in [2.75, 3.05) is 13.1 Å². The number of carbonyl (C=O) groups is 1. The van der Waals surface area contributed by atoms with Crippen LogP contribution < -0.4 is 10.6 Å². The van der Waals surface area contributed by atoms with Crippen molar-refractivity contribution in [3.63, 3.8) is 0 Å². The van der Waals surface area contributed by atoms with Gasteiger partial charge >= 0.3 is 0 Å². The van der Waals surface area contributed by atoms with Gasteiger partial charge in [0.2, 0.25) is 5.91 Å². The molecule has 1 aliphatic carbocycles. The Morgan fingerprint density at radius 2 is 2.31 bits per heavy atom. The summed E-state index contributed by atoms with van der Waals surface area (Å²) in [7, 11) is 0. The molecule has 2 atom stereocenters. The number of carbonyl (C=O) groups excluding carboxylic acids is 1. The van der Waals surface area contributed by atoms with Crippen molar-refractivity contribution < 1.29 is 4.79 Å². The Kier molecular flexibility index (Phi) is 4.40. The molecule has 0 aromatic rings. The summed E-state index contributed by atoms with van der Waals surface area (Å²) in [6.45, 7) is 2.22. The molecule has 1 heterocycles. The third-order valence-corrected chi connectivity index (χ3v) is 3.58. The maximum atomic E-state index is 11.7. The van der Waals surface area contributed by atoms with Crippen molar-refractivity contribution in [2.45, 2.75) is 44.6 Å². The molecule has 2 unspecified atom stereocenters. The zero-order valence-electron chi connectivity index (χ0n) is 9.87. The second-order valence-corrected chi connectivity index (χ2v) is 4.95. The summed E-state index contributed by atoms with van der Waals surface area (Å²) >= 11 is 0. The van der Waals surface area contributed by atoms with Crippen molar-refractivity contribution in [1.82, 2.24) is 10.6 Å². The van der Waals surface area contributed by atoms with Crippen LogP contribution in [-0.4, -0.2) is 25.0 Å². The Balaban J connectivity index is 1.61. The molecule has 0 spiro atoms. The highest BCUT2D eigenvalue weighted by Crippen LogP contribution is 2.15. The van der Waals surface area contributed by atoms with Gasteiger partial charge in [-0.3, -0.25) is 4.79 Å². The van der Waals surface area contributed by atoms with Crippen molar-refractivity contribution in [3.05, 3.63) is 12.2 Å². The van der Waals surface area contributed by atoms with Gasteiger partial charge in [-0.15, -0.1) is 0 Å². The normalized spacial score (nSPS) is 29.2. The van der Waals surface area contributed by atoms with E-state index in [9.17, 15) is 4.79 Å². The molecule has 1 amide bonds. The maximum Gasteiger partial charge on any atom is 0.220 e. The van der Waals surface area contributed by atoms with E-state index in [2.05, 4.69) is 22.8 Å². The second-order valence-electron chi connectivity index (χ2n) is 4.95. The molecule has 3 nitrogen and oxygen atoms in total. The highest BCUT2D eigenvalue weighted by molar-refractivity contribution is 5.76. The molecule has 16 heavy (non-hydrogen) atoms. The van der Waals surface area contributed by atoms with Crippen LogP contribution in [0.1, 0.15) is 38.5 Å². The molecule has 1 fully saturated rings. The number of hydrogen-bond acceptors (Lipinski definition) is 2. The van der Waals surface area contributed by atoms with Crippen LogP contribution >= 0.6 is 0 Å². The summed E-state index contributed by atoms with van der Waals surface area (Å²) in [5.41, 5.74) is 0. The smallest absolute Gasteiger partial charge is 0.220 e. The number of allylic oxidation sites excluding steroid dienone is 1. The maximum absolute atomic E-state index is 11.7. The summed E-state index contributed by atoms with van der Waals surface area (Å²) in [6.07, 6.45) is 10.6. The van der Waals surface area contributed by atoms with E-state index in [0.29, 0.717) is 12.5 Å². The summed E-state index contributed by atoms with van der Waals surface area (Å²) < 4.78 is 0. The van der Waals surface area contributed by atoms with Gasteiger partial charge in [-0.2, -0.15) is 0 Å². The van der Waals surface area contributed by atoms with Crippen LogP contribution in [-0.2, 0) is 4.79 Å². The summed E-state index contributed by atoms with van der Waals surface area (Å²) in [5.74, 6) is 0.962. The minimum atomic E-state index is 0.243. The number of amides is 1. The molecule has 0 radical (unpaired) electrons. The molecule has 90 valence electrons. The predicted octanol–water partition coefficient (Wildman–Crippen LogP) is 1.60. The largest absolute Gasteiger partial charge is 0.353 e. The Labute approximate surface area is 97.7 Å². The van der Waals surface area contributed by atoms with E-state index in [1.807, 2.05) is 0 Å². The fraction of sp³-hybridized carbons (Fsp3) is 0.769. The highest BCUT2D eigenvalue weighted by Gasteiger charge is 2.17. The molecule has 0 aromatic carbocycles. The van der Waals surface area contributed by atoms with Crippen LogP contribution in [0, 0.1) is 5.92 Å². The van der Waals surface area contributed by atoms with E-state index in [1.54, 1.807) is 0 Å². The van der Waals surface area contributed by atoms with Gasteiger partial charge in [-0.1, -0.05) is 12.2 Å². The van der Waals surface area contributed by atoms with Crippen LogP contribution in [0.3, 0.4) is 0 Å². The lowest BCUT2D eigenvalue weighted by molar-refractivity contribution is -0.122. The first-order chi connectivity index (χ1) is 7.84. The molecular weight excluding hydrogens is 200 g/mol. The lowest BCUT2D eigenvalue weighted by atomic mass is 10.00. The lowest BCUT2D eigenvalue weighted by Crippen LogP contribution is -2.35. The predicted molar refractivity (Wildman–Crippen MR) is 65.1 cm³/mol. The highest BCUT2D eigenvalue weighted by atomic mass is 16.1. The van der Waals surface area contributed by atoms with E-state index >= 15 is 0 Å². The minimum absolute atomic E-state index is 0.243. The molecule has 2 aliphatic rings. The first kappa shape index (κ1) is 11.6. The van der Waals surface area contributed by atoms with E-state index in [0.717, 1.165) is 44.7 Å². The van der Waals surface area contributed by atoms with Crippen molar-refractivity contribution in [2.24, 2.45) is 5.92 Å². The average Bonchev–Trinajstić information content (AvgIpc) is 2.81. The van der Waals surface area contributed by atoms with Crippen molar-refractivity contribution in [3.8, 4) is 0 Å². The molecule has 0 bridgehead atoms. The van der Waals surface area contributed by atoms with E-state index in [4.69, 9.17) is 0 Å². The second kappa shape index (κ2) is 6.04.